The van der Waals surface area contributed by atoms with Crippen molar-refractivity contribution in [2.24, 2.45) is 0 Å². The highest BCUT2D eigenvalue weighted by Crippen LogP contribution is 2.22. The molecule has 0 radical (unpaired) electrons. The number of ether oxygens (including phenoxy) is 1. The Morgan fingerprint density at radius 1 is 1.35 bits per heavy atom. The Morgan fingerprint density at radius 3 is 2.85 bits per heavy atom. The molecular formula is C14H17BrN4O. The number of nitrogens with zero attached hydrogens (tertiary/aromatic N) is 2. The van der Waals surface area contributed by atoms with E-state index in [1.807, 2.05) is 31.2 Å². The number of benzene rings is 1. The lowest BCUT2D eigenvalue weighted by atomic mass is 10.3. The molecule has 3 N–H and O–H groups in total. The van der Waals surface area contributed by atoms with Crippen LogP contribution in [0.1, 0.15) is 20.3 Å². The summed E-state index contributed by atoms with van der Waals surface area (Å²) < 4.78 is 6.41. The van der Waals surface area contributed by atoms with Crippen molar-refractivity contribution in [3.63, 3.8) is 0 Å². The van der Waals surface area contributed by atoms with Crippen LogP contribution < -0.4 is 15.8 Å². The van der Waals surface area contributed by atoms with Gasteiger partial charge in [-0.3, -0.25) is 0 Å². The molecule has 0 aliphatic carbocycles. The van der Waals surface area contributed by atoms with Crippen molar-refractivity contribution >= 4 is 33.4 Å². The standard InChI is InChI=1S/C14H17BrN4O/c1-3-9(2)20-11-6-4-5-10(7-11)17-14-18-12(15)8-13(16)19-14/h4-9H,3H2,1-2H3,(H3,16,17,18,19). The van der Waals surface area contributed by atoms with E-state index in [9.17, 15) is 0 Å². The number of nitrogens with two attached hydrogens (primary N) is 1. The normalized spacial score (nSPS) is 11.9. The maximum Gasteiger partial charge on any atom is 0.230 e. The summed E-state index contributed by atoms with van der Waals surface area (Å²) in [7, 11) is 0. The molecular weight excluding hydrogens is 320 g/mol. The molecule has 1 aromatic heterocycles. The molecule has 106 valence electrons. The van der Waals surface area contributed by atoms with E-state index in [1.165, 1.54) is 0 Å². The zero-order valence-electron chi connectivity index (χ0n) is 11.4. The first kappa shape index (κ1) is 14.6. The molecule has 0 saturated heterocycles. The van der Waals surface area contributed by atoms with Crippen LogP contribution in [0, 0.1) is 0 Å². The molecule has 0 fully saturated rings. The summed E-state index contributed by atoms with van der Waals surface area (Å²) in [5.74, 6) is 1.66. The molecule has 5 nitrogen and oxygen atoms in total. The van der Waals surface area contributed by atoms with Crippen LogP contribution in [0.25, 0.3) is 0 Å². The predicted octanol–water partition coefficient (Wildman–Crippen LogP) is 3.74. The highest BCUT2D eigenvalue weighted by molar-refractivity contribution is 9.10. The fraction of sp³-hybridized carbons (Fsp3) is 0.286. The number of anilines is 3. The van der Waals surface area contributed by atoms with E-state index in [0.29, 0.717) is 16.4 Å². The van der Waals surface area contributed by atoms with Crippen molar-refractivity contribution in [1.29, 1.82) is 0 Å². The number of aromatic nitrogens is 2. The largest absolute Gasteiger partial charge is 0.491 e. The van der Waals surface area contributed by atoms with E-state index < -0.39 is 0 Å². The Bertz CT molecular complexity index is 571. The summed E-state index contributed by atoms with van der Waals surface area (Å²) in [6.45, 7) is 4.13. The van der Waals surface area contributed by atoms with Gasteiger partial charge in [-0.15, -0.1) is 0 Å². The van der Waals surface area contributed by atoms with Gasteiger partial charge >= 0.3 is 0 Å². The Labute approximate surface area is 126 Å². The van der Waals surface area contributed by atoms with Gasteiger partial charge in [0.2, 0.25) is 5.95 Å². The Morgan fingerprint density at radius 2 is 2.15 bits per heavy atom. The molecule has 0 amide bonds. The van der Waals surface area contributed by atoms with E-state index >= 15 is 0 Å². The molecule has 0 saturated carbocycles. The van der Waals surface area contributed by atoms with Gasteiger partial charge in [-0.05, 0) is 41.4 Å². The number of halogens is 1. The molecule has 1 unspecified atom stereocenters. The molecule has 0 bridgehead atoms. The third-order valence-electron chi connectivity index (χ3n) is 2.72. The lowest BCUT2D eigenvalue weighted by molar-refractivity contribution is 0.217. The van der Waals surface area contributed by atoms with Crippen LogP contribution in [0.4, 0.5) is 17.5 Å². The number of nitrogen functional groups attached to an aromatic ring is 1. The molecule has 6 heteroatoms. The molecule has 20 heavy (non-hydrogen) atoms. The molecule has 2 rings (SSSR count). The summed E-state index contributed by atoms with van der Waals surface area (Å²) in [5, 5.41) is 3.10. The molecule has 0 spiro atoms. The fourth-order valence-electron chi connectivity index (χ4n) is 1.58. The Balaban J connectivity index is 2.15. The van der Waals surface area contributed by atoms with E-state index in [-0.39, 0.29) is 6.10 Å². The predicted molar refractivity (Wildman–Crippen MR) is 84.3 cm³/mol. The SMILES string of the molecule is CCC(C)Oc1cccc(Nc2nc(N)cc(Br)n2)c1. The van der Waals surface area contributed by atoms with E-state index in [2.05, 4.69) is 38.1 Å². The van der Waals surface area contributed by atoms with Gasteiger partial charge in [0.1, 0.15) is 16.2 Å². The minimum Gasteiger partial charge on any atom is -0.491 e. The molecule has 0 aliphatic rings. The van der Waals surface area contributed by atoms with Crippen molar-refractivity contribution in [1.82, 2.24) is 9.97 Å². The summed E-state index contributed by atoms with van der Waals surface area (Å²) >= 11 is 3.29. The zero-order valence-corrected chi connectivity index (χ0v) is 13.0. The molecule has 2 aromatic rings. The minimum atomic E-state index is 0.183. The first-order valence-electron chi connectivity index (χ1n) is 6.40. The lowest BCUT2D eigenvalue weighted by Crippen LogP contribution is -2.09. The quantitative estimate of drug-likeness (QED) is 0.813. The van der Waals surface area contributed by atoms with Crippen LogP contribution in [0.2, 0.25) is 0 Å². The maximum absolute atomic E-state index is 5.77. The van der Waals surface area contributed by atoms with Gasteiger partial charge in [0.15, 0.2) is 0 Å². The summed E-state index contributed by atoms with van der Waals surface area (Å²) in [5.41, 5.74) is 6.53. The van der Waals surface area contributed by atoms with Crippen molar-refractivity contribution < 1.29 is 4.74 Å². The van der Waals surface area contributed by atoms with Crippen molar-refractivity contribution in [3.8, 4) is 5.75 Å². The maximum atomic E-state index is 5.77. The smallest absolute Gasteiger partial charge is 0.230 e. The highest BCUT2D eigenvalue weighted by atomic mass is 79.9. The number of rotatable bonds is 5. The molecule has 1 atom stereocenters. The van der Waals surface area contributed by atoms with E-state index in [0.717, 1.165) is 17.9 Å². The van der Waals surface area contributed by atoms with Crippen LogP contribution in [0.5, 0.6) is 5.75 Å². The van der Waals surface area contributed by atoms with Gasteiger partial charge < -0.3 is 15.8 Å². The third kappa shape index (κ3) is 4.09. The number of hydrogen-bond acceptors (Lipinski definition) is 5. The van der Waals surface area contributed by atoms with Gasteiger partial charge in [0.25, 0.3) is 0 Å². The second-order valence-corrected chi connectivity index (χ2v) is 5.24. The third-order valence-corrected chi connectivity index (χ3v) is 3.12. The highest BCUT2D eigenvalue weighted by Gasteiger charge is 2.04. The monoisotopic (exact) mass is 336 g/mol. The van der Waals surface area contributed by atoms with Crippen molar-refractivity contribution in [3.05, 3.63) is 34.9 Å². The first-order valence-corrected chi connectivity index (χ1v) is 7.20. The number of nitrogens with one attached hydrogen (secondary N) is 1. The summed E-state index contributed by atoms with van der Waals surface area (Å²) in [6, 6.07) is 9.32. The minimum absolute atomic E-state index is 0.183. The summed E-state index contributed by atoms with van der Waals surface area (Å²) in [4.78, 5) is 8.33. The zero-order chi connectivity index (χ0) is 14.5. The van der Waals surface area contributed by atoms with Gasteiger partial charge in [0, 0.05) is 17.8 Å². The second-order valence-electron chi connectivity index (χ2n) is 4.43. The van der Waals surface area contributed by atoms with Crippen LogP contribution in [0.3, 0.4) is 0 Å². The lowest BCUT2D eigenvalue weighted by Gasteiger charge is -2.13. The van der Waals surface area contributed by atoms with Crippen LogP contribution in [0.15, 0.2) is 34.9 Å². The molecule has 1 aromatic carbocycles. The van der Waals surface area contributed by atoms with E-state index in [1.54, 1.807) is 6.07 Å². The average Bonchev–Trinajstić information content (AvgIpc) is 2.37. The molecule has 1 heterocycles. The summed E-state index contributed by atoms with van der Waals surface area (Å²) in [6.07, 6.45) is 1.14. The Hall–Kier alpha value is -1.82. The van der Waals surface area contributed by atoms with Crippen molar-refractivity contribution in [2.75, 3.05) is 11.1 Å². The van der Waals surface area contributed by atoms with Gasteiger partial charge in [0.05, 0.1) is 6.10 Å². The first-order chi connectivity index (χ1) is 9.56. The van der Waals surface area contributed by atoms with Crippen LogP contribution >= 0.6 is 15.9 Å². The van der Waals surface area contributed by atoms with Crippen molar-refractivity contribution in [2.45, 2.75) is 26.4 Å². The van der Waals surface area contributed by atoms with E-state index in [4.69, 9.17) is 10.5 Å². The molecule has 0 aliphatic heterocycles. The van der Waals surface area contributed by atoms with Gasteiger partial charge in [-0.1, -0.05) is 13.0 Å². The number of hydrogen-bond donors (Lipinski definition) is 2. The topological polar surface area (TPSA) is 73.1 Å². The Kier molecular flexibility index (Phi) is 4.79. The van der Waals surface area contributed by atoms with Gasteiger partial charge in [-0.2, -0.15) is 4.98 Å². The fourth-order valence-corrected chi connectivity index (χ4v) is 1.99. The second kappa shape index (κ2) is 6.56. The van der Waals surface area contributed by atoms with Crippen LogP contribution in [-0.2, 0) is 0 Å². The van der Waals surface area contributed by atoms with Gasteiger partial charge in [-0.25, -0.2) is 4.98 Å². The average molecular weight is 337 g/mol. The van der Waals surface area contributed by atoms with Crippen LogP contribution in [-0.4, -0.2) is 16.1 Å².